The third-order valence-electron chi connectivity index (χ3n) is 11.0. The van der Waals surface area contributed by atoms with E-state index in [0.717, 1.165) is 50.9 Å². The maximum atomic E-state index is 4.58. The molecule has 7 heteroatoms. The monoisotopic (exact) mass is 976 g/mol. The summed E-state index contributed by atoms with van der Waals surface area (Å²) in [6.07, 6.45) is 5.71. The van der Waals surface area contributed by atoms with E-state index in [2.05, 4.69) is 164 Å². The molecular formula is C54H51IrN6. The molecule has 0 amide bonds. The maximum absolute atomic E-state index is 4.58. The molecule has 3 aromatic heterocycles. The van der Waals surface area contributed by atoms with Crippen molar-refractivity contribution < 1.29 is 20.1 Å². The van der Waals surface area contributed by atoms with Gasteiger partial charge in [-0.15, -0.1) is 108 Å². The Balaban J connectivity index is 0.000000152. The summed E-state index contributed by atoms with van der Waals surface area (Å²) in [6, 6.07) is 52.7. The van der Waals surface area contributed by atoms with E-state index in [0.29, 0.717) is 0 Å². The zero-order valence-corrected chi connectivity index (χ0v) is 38.8. The number of aryl methyl sites for hydroxylation is 6. The van der Waals surface area contributed by atoms with Crippen LogP contribution >= 0.6 is 0 Å². The Morgan fingerprint density at radius 1 is 0.328 bits per heavy atom. The van der Waals surface area contributed by atoms with Gasteiger partial charge in [-0.2, -0.15) is 0 Å². The van der Waals surface area contributed by atoms with Crippen molar-refractivity contribution in [2.24, 2.45) is 0 Å². The number of imidazole rings is 3. The molecule has 0 fully saturated rings. The number of hydrogen-bond acceptors (Lipinski definition) is 3. The summed E-state index contributed by atoms with van der Waals surface area (Å²) < 4.78 is 6.50. The van der Waals surface area contributed by atoms with Crippen molar-refractivity contribution in [3.63, 3.8) is 0 Å². The first-order valence-electron chi connectivity index (χ1n) is 20.3. The predicted octanol–water partition coefficient (Wildman–Crippen LogP) is 12.8. The first-order chi connectivity index (χ1) is 29.0. The van der Waals surface area contributed by atoms with Gasteiger partial charge >= 0.3 is 20.1 Å². The summed E-state index contributed by atoms with van der Waals surface area (Å²) in [7, 11) is 0. The van der Waals surface area contributed by atoms with Crippen LogP contribution in [0, 0.1) is 80.5 Å². The molecule has 0 saturated heterocycles. The smallest absolute Gasteiger partial charge is 0.312 e. The zero-order chi connectivity index (χ0) is 42.3. The molecule has 9 rings (SSSR count). The molecule has 0 aliphatic heterocycles. The number of rotatable bonds is 6. The van der Waals surface area contributed by atoms with Crippen LogP contribution in [0.15, 0.2) is 146 Å². The van der Waals surface area contributed by atoms with Crippen LogP contribution in [0.3, 0.4) is 0 Å². The minimum Gasteiger partial charge on any atom is -0.312 e. The van der Waals surface area contributed by atoms with Crippen molar-refractivity contribution in [1.82, 2.24) is 28.7 Å². The van der Waals surface area contributed by atoms with Gasteiger partial charge in [0.25, 0.3) is 0 Å². The van der Waals surface area contributed by atoms with Crippen molar-refractivity contribution in [3.8, 4) is 50.8 Å². The van der Waals surface area contributed by atoms with Crippen LogP contribution in [0.25, 0.3) is 50.8 Å². The third-order valence-corrected chi connectivity index (χ3v) is 11.0. The van der Waals surface area contributed by atoms with Gasteiger partial charge in [-0.1, -0.05) is 54.6 Å². The Kier molecular flexibility index (Phi) is 14.3. The van der Waals surface area contributed by atoms with E-state index in [1.165, 1.54) is 50.4 Å². The summed E-state index contributed by atoms with van der Waals surface area (Å²) >= 11 is 0. The van der Waals surface area contributed by atoms with Gasteiger partial charge in [0, 0.05) is 34.2 Å². The second kappa shape index (κ2) is 19.8. The molecule has 0 aliphatic rings. The number of para-hydroxylation sites is 3. The van der Waals surface area contributed by atoms with Crippen LogP contribution in [-0.4, -0.2) is 28.7 Å². The minimum absolute atomic E-state index is 0. The Labute approximate surface area is 375 Å². The molecule has 306 valence electrons. The number of hydrogen-bond donors (Lipinski definition) is 0. The topological polar surface area (TPSA) is 53.5 Å². The van der Waals surface area contributed by atoms with Crippen LogP contribution in [0.4, 0.5) is 0 Å². The Bertz CT molecular complexity index is 2480. The van der Waals surface area contributed by atoms with Gasteiger partial charge in [-0.25, -0.2) is 0 Å². The average Bonchev–Trinajstić information content (AvgIpc) is 3.95. The van der Waals surface area contributed by atoms with Crippen LogP contribution in [-0.2, 0) is 20.1 Å². The quantitative estimate of drug-likeness (QED) is 0.156. The molecule has 0 N–H and O–H groups in total. The summed E-state index contributed by atoms with van der Waals surface area (Å²) in [6.45, 7) is 19.1. The van der Waals surface area contributed by atoms with Crippen molar-refractivity contribution in [2.75, 3.05) is 0 Å². The largest absolute Gasteiger partial charge is 3.00 e. The molecule has 3 heterocycles. The van der Waals surface area contributed by atoms with Gasteiger partial charge in [-0.05, 0) is 95.7 Å². The van der Waals surface area contributed by atoms with Gasteiger partial charge in [0.1, 0.15) is 0 Å². The third kappa shape index (κ3) is 9.49. The van der Waals surface area contributed by atoms with Gasteiger partial charge < -0.3 is 13.7 Å². The van der Waals surface area contributed by atoms with E-state index < -0.39 is 0 Å². The molecule has 0 atom stereocenters. The molecule has 0 aliphatic carbocycles. The summed E-state index contributed by atoms with van der Waals surface area (Å²) in [5, 5.41) is 0. The van der Waals surface area contributed by atoms with E-state index in [1.54, 1.807) is 0 Å². The van der Waals surface area contributed by atoms with Crippen molar-refractivity contribution in [1.29, 1.82) is 0 Å². The molecule has 6 nitrogen and oxygen atoms in total. The van der Waals surface area contributed by atoms with Crippen LogP contribution in [0.5, 0.6) is 0 Å². The van der Waals surface area contributed by atoms with E-state index in [9.17, 15) is 0 Å². The van der Waals surface area contributed by atoms with Gasteiger partial charge in [0.2, 0.25) is 0 Å². The van der Waals surface area contributed by atoms with Crippen molar-refractivity contribution >= 4 is 0 Å². The van der Waals surface area contributed by atoms with E-state index in [-0.39, 0.29) is 20.1 Å². The average molecular weight is 976 g/mol. The fraction of sp³-hybridized carbons (Fsp3) is 0.167. The van der Waals surface area contributed by atoms with Crippen molar-refractivity contribution in [3.05, 3.63) is 215 Å². The molecule has 0 bridgehead atoms. The first kappa shape index (κ1) is 44.2. The SMILES string of the molecule is Cc1cccc(C)c1-n1cnc(-c2[c-]cccc2)c1C.Cc1cccc(C)c1-n1cnc(-c2[c-]cccc2)c1C.Cc1cccc(C)c1-n1cnc(-c2[c-]cccc2)c1C.[Ir+3]. The minimum atomic E-state index is 0. The zero-order valence-electron chi connectivity index (χ0n) is 36.4. The van der Waals surface area contributed by atoms with Crippen LogP contribution in [0.1, 0.15) is 50.5 Å². The molecule has 9 aromatic rings. The molecule has 0 unspecified atom stereocenters. The maximum Gasteiger partial charge on any atom is 3.00 e. The number of benzene rings is 6. The van der Waals surface area contributed by atoms with Crippen LogP contribution < -0.4 is 0 Å². The van der Waals surface area contributed by atoms with E-state index in [1.807, 2.05) is 91.8 Å². The predicted molar refractivity (Wildman–Crippen MR) is 246 cm³/mol. The molecule has 0 radical (unpaired) electrons. The Morgan fingerprint density at radius 3 is 0.787 bits per heavy atom. The van der Waals surface area contributed by atoms with Gasteiger partial charge in [-0.3, -0.25) is 15.0 Å². The van der Waals surface area contributed by atoms with Crippen molar-refractivity contribution in [2.45, 2.75) is 62.3 Å². The molecule has 61 heavy (non-hydrogen) atoms. The van der Waals surface area contributed by atoms with E-state index >= 15 is 0 Å². The van der Waals surface area contributed by atoms with E-state index in [4.69, 9.17) is 0 Å². The van der Waals surface area contributed by atoms with Gasteiger partial charge in [0.05, 0.1) is 36.0 Å². The Hall–Kier alpha value is -6.40. The summed E-state index contributed by atoms with van der Waals surface area (Å²) in [5.74, 6) is 0. The second-order valence-corrected chi connectivity index (χ2v) is 15.2. The van der Waals surface area contributed by atoms with Gasteiger partial charge in [0.15, 0.2) is 0 Å². The van der Waals surface area contributed by atoms with Crippen LogP contribution in [0.2, 0.25) is 0 Å². The second-order valence-electron chi connectivity index (χ2n) is 15.2. The Morgan fingerprint density at radius 2 is 0.574 bits per heavy atom. The molecule has 0 spiro atoms. The fourth-order valence-electron chi connectivity index (χ4n) is 7.88. The standard InChI is InChI=1S/3C18H17N2.Ir/c3*1-13-8-7-9-14(2)18(13)20-12-19-17(15(20)3)16-10-5-4-6-11-16;/h3*4-10,12H,1-3H3;/q3*-1;+3. The first-order valence-corrected chi connectivity index (χ1v) is 20.3. The molecular weight excluding hydrogens is 925 g/mol. The summed E-state index contributed by atoms with van der Waals surface area (Å²) in [4.78, 5) is 13.7. The fourth-order valence-corrected chi connectivity index (χ4v) is 7.88. The molecule has 0 saturated carbocycles. The molecule has 6 aromatic carbocycles. The normalized spacial score (nSPS) is 10.6. The number of aromatic nitrogens is 6. The number of nitrogens with zero attached hydrogens (tertiary/aromatic N) is 6. The summed E-state index contributed by atoms with van der Waals surface area (Å²) in [5.41, 5.74) is 20.7.